The lowest BCUT2D eigenvalue weighted by Gasteiger charge is -2.25. The van der Waals surface area contributed by atoms with Crippen LogP contribution < -0.4 is 5.32 Å². The average Bonchev–Trinajstić information content (AvgIpc) is 2.37. The SMILES string of the molecule is CC(=O)N[C@@H](C)C(=O)N(Cc1ccccc1)CC(F)F. The van der Waals surface area contributed by atoms with Gasteiger partial charge < -0.3 is 10.2 Å². The maximum atomic E-state index is 12.6. The molecule has 4 nitrogen and oxygen atoms in total. The molecule has 0 aliphatic heterocycles. The zero-order chi connectivity index (χ0) is 15.1. The van der Waals surface area contributed by atoms with Crippen molar-refractivity contribution in [3.05, 3.63) is 35.9 Å². The molecule has 0 bridgehead atoms. The molecule has 2 amide bonds. The number of rotatable bonds is 6. The van der Waals surface area contributed by atoms with Crippen LogP contribution in [0, 0.1) is 0 Å². The number of carbonyl (C=O) groups excluding carboxylic acids is 2. The molecule has 0 aliphatic rings. The summed E-state index contributed by atoms with van der Waals surface area (Å²) in [6, 6.07) is 8.05. The van der Waals surface area contributed by atoms with Crippen LogP contribution in [0.15, 0.2) is 30.3 Å². The molecule has 20 heavy (non-hydrogen) atoms. The Morgan fingerprint density at radius 1 is 1.25 bits per heavy atom. The molecule has 110 valence electrons. The molecule has 1 atom stereocenters. The number of hydrogen-bond donors (Lipinski definition) is 1. The fourth-order valence-electron chi connectivity index (χ4n) is 1.84. The summed E-state index contributed by atoms with van der Waals surface area (Å²) < 4.78 is 25.2. The van der Waals surface area contributed by atoms with Crippen molar-refractivity contribution in [2.24, 2.45) is 0 Å². The second-order valence-electron chi connectivity index (χ2n) is 4.52. The number of benzene rings is 1. The van der Waals surface area contributed by atoms with E-state index in [1.165, 1.54) is 13.8 Å². The van der Waals surface area contributed by atoms with Crippen LogP contribution in [0.2, 0.25) is 0 Å². The summed E-state index contributed by atoms with van der Waals surface area (Å²) >= 11 is 0. The van der Waals surface area contributed by atoms with Gasteiger partial charge >= 0.3 is 0 Å². The van der Waals surface area contributed by atoms with Crippen molar-refractivity contribution >= 4 is 11.8 Å². The average molecular weight is 284 g/mol. The summed E-state index contributed by atoms with van der Waals surface area (Å²) in [7, 11) is 0. The minimum absolute atomic E-state index is 0.0912. The zero-order valence-electron chi connectivity index (χ0n) is 11.5. The predicted molar refractivity (Wildman–Crippen MR) is 71.1 cm³/mol. The van der Waals surface area contributed by atoms with Gasteiger partial charge in [-0.25, -0.2) is 8.78 Å². The maximum absolute atomic E-state index is 12.6. The molecule has 6 heteroatoms. The molecule has 1 N–H and O–H groups in total. The first-order valence-electron chi connectivity index (χ1n) is 6.28. The molecule has 0 fully saturated rings. The fraction of sp³-hybridized carbons (Fsp3) is 0.429. The van der Waals surface area contributed by atoms with Crippen LogP contribution in [0.4, 0.5) is 8.78 Å². The Kier molecular flexibility index (Phi) is 6.09. The highest BCUT2D eigenvalue weighted by Gasteiger charge is 2.23. The third-order valence-corrected chi connectivity index (χ3v) is 2.68. The quantitative estimate of drug-likeness (QED) is 0.866. The molecule has 0 aliphatic carbocycles. The van der Waals surface area contributed by atoms with Gasteiger partial charge in [0.15, 0.2) is 0 Å². The van der Waals surface area contributed by atoms with E-state index in [0.717, 1.165) is 10.5 Å². The third-order valence-electron chi connectivity index (χ3n) is 2.68. The van der Waals surface area contributed by atoms with E-state index in [1.54, 1.807) is 24.3 Å². The molecule has 0 saturated carbocycles. The Morgan fingerprint density at radius 3 is 2.35 bits per heavy atom. The molecule has 1 aromatic carbocycles. The Balaban J connectivity index is 2.78. The van der Waals surface area contributed by atoms with Gasteiger partial charge in [-0.2, -0.15) is 0 Å². The first-order chi connectivity index (χ1) is 9.40. The number of amides is 2. The Labute approximate surface area is 116 Å². The highest BCUT2D eigenvalue weighted by Crippen LogP contribution is 2.09. The molecular weight excluding hydrogens is 266 g/mol. The Morgan fingerprint density at radius 2 is 1.85 bits per heavy atom. The smallest absolute Gasteiger partial charge is 0.255 e. The minimum atomic E-state index is -2.62. The Bertz CT molecular complexity index is 452. The largest absolute Gasteiger partial charge is 0.345 e. The minimum Gasteiger partial charge on any atom is -0.345 e. The van der Waals surface area contributed by atoms with Crippen LogP contribution in [0.3, 0.4) is 0 Å². The second-order valence-corrected chi connectivity index (χ2v) is 4.52. The highest BCUT2D eigenvalue weighted by molar-refractivity contribution is 5.86. The lowest BCUT2D eigenvalue weighted by molar-refractivity contribution is -0.137. The number of halogens is 2. The van der Waals surface area contributed by atoms with E-state index >= 15 is 0 Å². The lowest BCUT2D eigenvalue weighted by Crippen LogP contribution is -2.47. The monoisotopic (exact) mass is 284 g/mol. The second kappa shape index (κ2) is 7.57. The summed E-state index contributed by atoms with van der Waals surface area (Å²) in [6.07, 6.45) is -2.62. The van der Waals surface area contributed by atoms with Gasteiger partial charge in [0.2, 0.25) is 11.8 Å². The van der Waals surface area contributed by atoms with Gasteiger partial charge in [0, 0.05) is 13.5 Å². The van der Waals surface area contributed by atoms with E-state index in [2.05, 4.69) is 5.32 Å². The van der Waals surface area contributed by atoms with Crippen molar-refractivity contribution in [3.63, 3.8) is 0 Å². The summed E-state index contributed by atoms with van der Waals surface area (Å²) in [4.78, 5) is 24.1. The van der Waals surface area contributed by atoms with Crippen molar-refractivity contribution in [2.45, 2.75) is 32.9 Å². The topological polar surface area (TPSA) is 49.4 Å². The molecular formula is C14H18F2N2O2. The number of alkyl halides is 2. The number of nitrogens with zero attached hydrogens (tertiary/aromatic N) is 1. The van der Waals surface area contributed by atoms with Gasteiger partial charge in [-0.3, -0.25) is 9.59 Å². The summed E-state index contributed by atoms with van der Waals surface area (Å²) in [5.74, 6) is -0.896. The van der Waals surface area contributed by atoms with Crippen LogP contribution in [-0.2, 0) is 16.1 Å². The van der Waals surface area contributed by atoms with Crippen LogP contribution >= 0.6 is 0 Å². The van der Waals surface area contributed by atoms with Gasteiger partial charge in [0.25, 0.3) is 6.43 Å². The molecule has 0 unspecified atom stereocenters. The number of nitrogens with one attached hydrogen (secondary N) is 1. The number of carbonyl (C=O) groups is 2. The number of hydrogen-bond acceptors (Lipinski definition) is 2. The summed E-state index contributed by atoms with van der Waals surface area (Å²) in [5, 5.41) is 2.41. The standard InChI is InChI=1S/C14H18F2N2O2/c1-10(17-11(2)19)14(20)18(9-13(15)16)8-12-6-4-3-5-7-12/h3-7,10,13H,8-9H2,1-2H3,(H,17,19)/t10-/m0/s1. The molecule has 1 aromatic rings. The van der Waals surface area contributed by atoms with Crippen molar-refractivity contribution < 1.29 is 18.4 Å². The maximum Gasteiger partial charge on any atom is 0.255 e. The molecule has 0 heterocycles. The fourth-order valence-corrected chi connectivity index (χ4v) is 1.84. The van der Waals surface area contributed by atoms with Gasteiger partial charge in [0.05, 0.1) is 6.54 Å². The van der Waals surface area contributed by atoms with Gasteiger partial charge in [-0.1, -0.05) is 30.3 Å². The van der Waals surface area contributed by atoms with Crippen molar-refractivity contribution in [1.82, 2.24) is 10.2 Å². The molecule has 0 spiro atoms. The molecule has 1 rings (SSSR count). The first-order valence-corrected chi connectivity index (χ1v) is 6.28. The summed E-state index contributed by atoms with van der Waals surface area (Å²) in [5.41, 5.74) is 0.761. The predicted octanol–water partition coefficient (Wildman–Crippen LogP) is 1.80. The Hall–Kier alpha value is -1.98. The van der Waals surface area contributed by atoms with Crippen LogP contribution in [0.5, 0.6) is 0 Å². The van der Waals surface area contributed by atoms with Crippen molar-refractivity contribution in [1.29, 1.82) is 0 Å². The van der Waals surface area contributed by atoms with E-state index in [1.807, 2.05) is 6.07 Å². The van der Waals surface area contributed by atoms with Crippen LogP contribution in [0.25, 0.3) is 0 Å². The summed E-state index contributed by atoms with van der Waals surface area (Å²) in [6.45, 7) is 2.19. The first kappa shape index (κ1) is 16.1. The van der Waals surface area contributed by atoms with E-state index in [4.69, 9.17) is 0 Å². The molecule has 0 aromatic heterocycles. The van der Waals surface area contributed by atoms with E-state index < -0.39 is 24.9 Å². The molecule has 0 radical (unpaired) electrons. The van der Waals surface area contributed by atoms with Gasteiger partial charge in [-0.05, 0) is 12.5 Å². The van der Waals surface area contributed by atoms with E-state index in [-0.39, 0.29) is 12.5 Å². The van der Waals surface area contributed by atoms with Crippen molar-refractivity contribution in [3.8, 4) is 0 Å². The van der Waals surface area contributed by atoms with Crippen molar-refractivity contribution in [2.75, 3.05) is 6.54 Å². The van der Waals surface area contributed by atoms with Crippen LogP contribution in [0.1, 0.15) is 19.4 Å². The third kappa shape index (κ3) is 5.34. The van der Waals surface area contributed by atoms with E-state index in [9.17, 15) is 18.4 Å². The van der Waals surface area contributed by atoms with E-state index in [0.29, 0.717) is 0 Å². The highest BCUT2D eigenvalue weighted by atomic mass is 19.3. The lowest BCUT2D eigenvalue weighted by atomic mass is 10.2. The molecule has 0 saturated heterocycles. The van der Waals surface area contributed by atoms with Gasteiger partial charge in [0.1, 0.15) is 6.04 Å². The van der Waals surface area contributed by atoms with Gasteiger partial charge in [-0.15, -0.1) is 0 Å². The normalized spacial score (nSPS) is 12.1. The van der Waals surface area contributed by atoms with Crippen LogP contribution in [-0.4, -0.2) is 35.7 Å². The zero-order valence-corrected chi connectivity index (χ0v) is 11.5.